The maximum absolute atomic E-state index is 5.52. The number of alkyl halides is 1. The smallest absolute Gasteiger partial charge is 0.126 e. The lowest BCUT2D eigenvalue weighted by molar-refractivity contribution is 0.520. The van der Waals surface area contributed by atoms with Crippen LogP contribution < -0.4 is 0 Å². The van der Waals surface area contributed by atoms with Gasteiger partial charge in [0.1, 0.15) is 11.5 Å². The van der Waals surface area contributed by atoms with Crippen LogP contribution in [0.25, 0.3) is 6.08 Å². The summed E-state index contributed by atoms with van der Waals surface area (Å²) >= 11 is 5.52. The van der Waals surface area contributed by atoms with E-state index in [1.165, 1.54) is 0 Å². The molecule has 54 valence electrons. The molecule has 1 heterocycles. The third-order valence-electron chi connectivity index (χ3n) is 1.15. The van der Waals surface area contributed by atoms with E-state index in [4.69, 9.17) is 16.0 Å². The van der Waals surface area contributed by atoms with E-state index in [9.17, 15) is 0 Å². The maximum Gasteiger partial charge on any atom is 0.126 e. The highest BCUT2D eigenvalue weighted by atomic mass is 35.5. The molecule has 0 spiro atoms. The zero-order chi connectivity index (χ0) is 7.40. The molecule has 0 radical (unpaired) electrons. The van der Waals surface area contributed by atoms with E-state index in [2.05, 4.69) is 0 Å². The van der Waals surface area contributed by atoms with E-state index in [0.717, 1.165) is 11.5 Å². The molecule has 0 atom stereocenters. The Morgan fingerprint density at radius 1 is 1.60 bits per heavy atom. The molecule has 1 aromatic heterocycles. The molecule has 1 aromatic rings. The monoisotopic (exact) mass is 156 g/mol. The van der Waals surface area contributed by atoms with Crippen molar-refractivity contribution in [2.24, 2.45) is 0 Å². The summed E-state index contributed by atoms with van der Waals surface area (Å²) in [7, 11) is 0. The highest BCUT2D eigenvalue weighted by Gasteiger charge is 1.94. The van der Waals surface area contributed by atoms with Crippen molar-refractivity contribution < 1.29 is 4.42 Å². The van der Waals surface area contributed by atoms with Crippen LogP contribution in [0.1, 0.15) is 18.4 Å². The largest absolute Gasteiger partial charge is 0.460 e. The van der Waals surface area contributed by atoms with Gasteiger partial charge in [-0.15, -0.1) is 11.6 Å². The second kappa shape index (κ2) is 3.47. The quantitative estimate of drug-likeness (QED) is 0.600. The SMILES string of the molecule is C/C=C/c1ccc(CCl)o1. The fourth-order valence-corrected chi connectivity index (χ4v) is 0.864. The Bertz CT molecular complexity index is 225. The number of furan rings is 1. The van der Waals surface area contributed by atoms with Gasteiger partial charge in [-0.05, 0) is 25.1 Å². The predicted molar refractivity (Wildman–Crippen MR) is 43.0 cm³/mol. The number of halogens is 1. The number of rotatable bonds is 2. The van der Waals surface area contributed by atoms with Crippen molar-refractivity contribution >= 4 is 17.7 Å². The molecule has 0 bridgehead atoms. The normalized spacial score (nSPS) is 11.0. The first-order valence-corrected chi connectivity index (χ1v) is 3.67. The molecule has 0 aliphatic heterocycles. The van der Waals surface area contributed by atoms with Crippen molar-refractivity contribution in [3.05, 3.63) is 29.7 Å². The van der Waals surface area contributed by atoms with Crippen molar-refractivity contribution in [1.29, 1.82) is 0 Å². The van der Waals surface area contributed by atoms with Gasteiger partial charge in [0.2, 0.25) is 0 Å². The fourth-order valence-electron chi connectivity index (χ4n) is 0.720. The molecule has 2 heteroatoms. The Labute approximate surface area is 65.3 Å². The molecule has 0 aliphatic carbocycles. The van der Waals surface area contributed by atoms with E-state index in [1.54, 1.807) is 0 Å². The molecule has 10 heavy (non-hydrogen) atoms. The Morgan fingerprint density at radius 2 is 2.40 bits per heavy atom. The van der Waals surface area contributed by atoms with E-state index in [-0.39, 0.29) is 0 Å². The summed E-state index contributed by atoms with van der Waals surface area (Å²) in [5.41, 5.74) is 0. The Kier molecular flexibility index (Phi) is 2.57. The lowest BCUT2D eigenvalue weighted by Crippen LogP contribution is -1.65. The van der Waals surface area contributed by atoms with Crippen LogP contribution in [0.2, 0.25) is 0 Å². The van der Waals surface area contributed by atoms with Crippen LogP contribution in [0.4, 0.5) is 0 Å². The van der Waals surface area contributed by atoms with Crippen LogP contribution in [-0.2, 0) is 5.88 Å². The van der Waals surface area contributed by atoms with Gasteiger partial charge in [0, 0.05) is 0 Å². The van der Waals surface area contributed by atoms with Gasteiger partial charge in [-0.1, -0.05) is 6.08 Å². The van der Waals surface area contributed by atoms with Crippen molar-refractivity contribution in [3.63, 3.8) is 0 Å². The minimum absolute atomic E-state index is 0.442. The Morgan fingerprint density at radius 3 is 2.90 bits per heavy atom. The first kappa shape index (κ1) is 7.42. The lowest BCUT2D eigenvalue weighted by Gasteiger charge is -1.83. The highest BCUT2D eigenvalue weighted by Crippen LogP contribution is 2.10. The lowest BCUT2D eigenvalue weighted by atomic mass is 10.4. The van der Waals surface area contributed by atoms with Gasteiger partial charge in [-0.2, -0.15) is 0 Å². The average Bonchev–Trinajstić information content (AvgIpc) is 2.37. The zero-order valence-corrected chi connectivity index (χ0v) is 6.56. The van der Waals surface area contributed by atoms with Crippen LogP contribution in [0.3, 0.4) is 0 Å². The maximum atomic E-state index is 5.52. The molecule has 0 unspecified atom stereocenters. The predicted octanol–water partition coefficient (Wildman–Crippen LogP) is 3.05. The summed E-state index contributed by atoms with van der Waals surface area (Å²) in [5.74, 6) is 2.12. The molecule has 0 N–H and O–H groups in total. The van der Waals surface area contributed by atoms with Crippen molar-refractivity contribution in [1.82, 2.24) is 0 Å². The van der Waals surface area contributed by atoms with Crippen molar-refractivity contribution in [2.45, 2.75) is 12.8 Å². The van der Waals surface area contributed by atoms with Gasteiger partial charge in [0.15, 0.2) is 0 Å². The molecule has 0 saturated heterocycles. The minimum atomic E-state index is 0.442. The Hall–Kier alpha value is -0.690. The standard InChI is InChI=1S/C8H9ClO/c1-2-3-7-4-5-8(6-9)10-7/h2-5H,6H2,1H3/b3-2+. The highest BCUT2D eigenvalue weighted by molar-refractivity contribution is 6.16. The zero-order valence-electron chi connectivity index (χ0n) is 5.80. The molecular formula is C8H9ClO. The first-order valence-electron chi connectivity index (χ1n) is 3.14. The van der Waals surface area contributed by atoms with E-state index >= 15 is 0 Å². The molecule has 0 aliphatic rings. The minimum Gasteiger partial charge on any atom is -0.460 e. The van der Waals surface area contributed by atoms with Crippen molar-refractivity contribution in [2.75, 3.05) is 0 Å². The molecule has 1 nitrogen and oxygen atoms in total. The summed E-state index contributed by atoms with van der Waals surface area (Å²) < 4.78 is 5.25. The van der Waals surface area contributed by atoms with Gasteiger partial charge in [-0.25, -0.2) is 0 Å². The molecule has 0 aromatic carbocycles. The molecular weight excluding hydrogens is 148 g/mol. The summed E-state index contributed by atoms with van der Waals surface area (Å²) in [5, 5.41) is 0. The third kappa shape index (κ3) is 1.64. The third-order valence-corrected chi connectivity index (χ3v) is 1.41. The Balaban J connectivity index is 2.78. The first-order chi connectivity index (χ1) is 4.86. The fraction of sp³-hybridized carbons (Fsp3) is 0.250. The van der Waals surface area contributed by atoms with Crippen LogP contribution in [0.15, 0.2) is 22.6 Å². The molecule has 0 saturated carbocycles. The summed E-state index contributed by atoms with van der Waals surface area (Å²) in [4.78, 5) is 0. The second-order valence-corrected chi connectivity index (χ2v) is 2.20. The van der Waals surface area contributed by atoms with Crippen LogP contribution >= 0.6 is 11.6 Å². The van der Waals surface area contributed by atoms with Gasteiger partial charge >= 0.3 is 0 Å². The number of allylic oxidation sites excluding steroid dienone is 1. The topological polar surface area (TPSA) is 13.1 Å². The summed E-state index contributed by atoms with van der Waals surface area (Å²) in [6.45, 7) is 1.95. The van der Waals surface area contributed by atoms with E-state index in [1.807, 2.05) is 31.2 Å². The van der Waals surface area contributed by atoms with Crippen molar-refractivity contribution in [3.8, 4) is 0 Å². The summed E-state index contributed by atoms with van der Waals surface area (Å²) in [6.07, 6.45) is 3.83. The van der Waals surface area contributed by atoms with Crippen LogP contribution in [0, 0.1) is 0 Å². The molecule has 1 rings (SSSR count). The average molecular weight is 157 g/mol. The number of hydrogen-bond donors (Lipinski definition) is 0. The second-order valence-electron chi connectivity index (χ2n) is 1.94. The van der Waals surface area contributed by atoms with E-state index in [0.29, 0.717) is 5.88 Å². The van der Waals surface area contributed by atoms with Gasteiger partial charge < -0.3 is 4.42 Å². The van der Waals surface area contributed by atoms with Gasteiger partial charge in [0.25, 0.3) is 0 Å². The van der Waals surface area contributed by atoms with Crippen LogP contribution in [0.5, 0.6) is 0 Å². The van der Waals surface area contributed by atoms with E-state index < -0.39 is 0 Å². The summed E-state index contributed by atoms with van der Waals surface area (Å²) in [6, 6.07) is 3.78. The molecule has 0 amide bonds. The number of hydrogen-bond acceptors (Lipinski definition) is 1. The molecule has 0 fully saturated rings. The van der Waals surface area contributed by atoms with Gasteiger partial charge in [-0.3, -0.25) is 0 Å². The van der Waals surface area contributed by atoms with Gasteiger partial charge in [0.05, 0.1) is 5.88 Å². The van der Waals surface area contributed by atoms with Crippen LogP contribution in [-0.4, -0.2) is 0 Å².